The number of rotatable bonds is 5. The van der Waals surface area contributed by atoms with E-state index in [1.165, 1.54) is 0 Å². The molecule has 8 heteroatoms. The maximum absolute atomic E-state index is 12.5. The van der Waals surface area contributed by atoms with Gasteiger partial charge in [-0.25, -0.2) is 18.1 Å². The number of sulfonamides is 1. The zero-order valence-corrected chi connectivity index (χ0v) is 14.6. The van der Waals surface area contributed by atoms with Gasteiger partial charge in [-0.15, -0.1) is 0 Å². The number of hydrogen-bond donors (Lipinski definition) is 1. The molecule has 0 spiro atoms. The van der Waals surface area contributed by atoms with E-state index >= 15 is 0 Å². The Kier molecular flexibility index (Phi) is 4.44. The van der Waals surface area contributed by atoms with Gasteiger partial charge in [-0.2, -0.15) is 5.10 Å². The summed E-state index contributed by atoms with van der Waals surface area (Å²) in [7, 11) is -1.93. The first-order valence-corrected chi connectivity index (χ1v) is 8.58. The van der Waals surface area contributed by atoms with Crippen molar-refractivity contribution in [3.63, 3.8) is 0 Å². The summed E-state index contributed by atoms with van der Waals surface area (Å²) in [6.07, 6.45) is 0. The van der Waals surface area contributed by atoms with Crippen LogP contribution in [0.4, 0.5) is 0 Å². The maximum atomic E-state index is 12.5. The molecule has 1 N–H and O–H groups in total. The lowest BCUT2D eigenvalue weighted by Crippen LogP contribution is -2.24. The summed E-state index contributed by atoms with van der Waals surface area (Å²) in [5.74, 6) is 1.30. The van der Waals surface area contributed by atoms with Crippen molar-refractivity contribution in [1.29, 1.82) is 0 Å². The molecule has 0 aliphatic heterocycles. The molecule has 22 heavy (non-hydrogen) atoms. The average molecular weight is 326 g/mol. The Bertz CT molecular complexity index is 787. The van der Waals surface area contributed by atoms with Crippen molar-refractivity contribution in [3.05, 3.63) is 28.7 Å². The van der Waals surface area contributed by atoms with Crippen molar-refractivity contribution in [2.24, 2.45) is 7.05 Å². The Balaban J connectivity index is 2.23. The summed E-state index contributed by atoms with van der Waals surface area (Å²) >= 11 is 0. The topological polar surface area (TPSA) is 90.0 Å². The predicted octanol–water partition coefficient (Wildman–Crippen LogP) is 1.94. The minimum atomic E-state index is -3.65. The SMILES string of the molecule is Cc1nc(C(C)C)oc1CNS(=O)(=O)c1c(C)nn(C)c1C. The zero-order valence-electron chi connectivity index (χ0n) is 13.8. The van der Waals surface area contributed by atoms with Crippen molar-refractivity contribution >= 4 is 10.0 Å². The molecule has 7 nitrogen and oxygen atoms in total. The fraction of sp³-hybridized carbons (Fsp3) is 0.571. The van der Waals surface area contributed by atoms with Gasteiger partial charge >= 0.3 is 0 Å². The third kappa shape index (κ3) is 3.07. The summed E-state index contributed by atoms with van der Waals surface area (Å²) in [4.78, 5) is 4.52. The number of hydrogen-bond acceptors (Lipinski definition) is 5. The van der Waals surface area contributed by atoms with Crippen LogP contribution in [0.3, 0.4) is 0 Å². The van der Waals surface area contributed by atoms with E-state index < -0.39 is 10.0 Å². The molecule has 0 saturated carbocycles. The molecule has 0 aromatic carbocycles. The monoisotopic (exact) mass is 326 g/mol. The van der Waals surface area contributed by atoms with Crippen molar-refractivity contribution in [3.8, 4) is 0 Å². The van der Waals surface area contributed by atoms with Crippen LogP contribution in [0, 0.1) is 20.8 Å². The lowest BCUT2D eigenvalue weighted by molar-refractivity contribution is 0.431. The molecule has 0 radical (unpaired) electrons. The minimum absolute atomic E-state index is 0.0711. The summed E-state index contributed by atoms with van der Waals surface area (Å²) < 4.78 is 34.7. The highest BCUT2D eigenvalue weighted by atomic mass is 32.2. The number of aryl methyl sites for hydroxylation is 3. The molecule has 0 fully saturated rings. The van der Waals surface area contributed by atoms with Crippen molar-refractivity contribution in [2.45, 2.75) is 52.0 Å². The van der Waals surface area contributed by atoms with Crippen LogP contribution in [0.15, 0.2) is 9.31 Å². The van der Waals surface area contributed by atoms with E-state index in [9.17, 15) is 8.42 Å². The van der Waals surface area contributed by atoms with Crippen molar-refractivity contribution in [1.82, 2.24) is 19.5 Å². The van der Waals surface area contributed by atoms with Gasteiger partial charge in [0.2, 0.25) is 10.0 Å². The van der Waals surface area contributed by atoms with Crippen molar-refractivity contribution in [2.75, 3.05) is 0 Å². The van der Waals surface area contributed by atoms with E-state index in [0.717, 1.165) is 0 Å². The van der Waals surface area contributed by atoms with Crippen molar-refractivity contribution < 1.29 is 12.8 Å². The summed E-state index contributed by atoms with van der Waals surface area (Å²) in [5, 5.41) is 4.14. The zero-order chi connectivity index (χ0) is 16.7. The van der Waals surface area contributed by atoms with Crippen LogP contribution in [0.25, 0.3) is 0 Å². The smallest absolute Gasteiger partial charge is 0.244 e. The van der Waals surface area contributed by atoms with E-state index in [2.05, 4.69) is 14.8 Å². The van der Waals surface area contributed by atoms with Gasteiger partial charge in [-0.05, 0) is 20.8 Å². The molecular weight excluding hydrogens is 304 g/mol. The molecule has 2 aromatic heterocycles. The van der Waals surface area contributed by atoms with Gasteiger partial charge in [0, 0.05) is 13.0 Å². The molecule has 0 aliphatic rings. The third-order valence-corrected chi connectivity index (χ3v) is 5.19. The Morgan fingerprint density at radius 2 is 1.86 bits per heavy atom. The van der Waals surface area contributed by atoms with Gasteiger partial charge in [0.05, 0.1) is 23.6 Å². The average Bonchev–Trinajstić information content (AvgIpc) is 2.89. The second-order valence-electron chi connectivity index (χ2n) is 5.66. The van der Waals surface area contributed by atoms with Crippen LogP contribution in [-0.2, 0) is 23.6 Å². The quantitative estimate of drug-likeness (QED) is 0.907. The molecular formula is C14H22N4O3S. The number of nitrogens with one attached hydrogen (secondary N) is 1. The molecule has 0 saturated heterocycles. The lowest BCUT2D eigenvalue weighted by atomic mass is 10.2. The number of aromatic nitrogens is 3. The molecule has 2 aromatic rings. The first kappa shape index (κ1) is 16.7. The molecule has 0 aliphatic carbocycles. The van der Waals surface area contributed by atoms with E-state index in [4.69, 9.17) is 4.42 Å². The predicted molar refractivity (Wildman–Crippen MR) is 82.0 cm³/mol. The molecule has 0 bridgehead atoms. The first-order chi connectivity index (χ1) is 10.1. The van der Waals surface area contributed by atoms with Crippen LogP contribution in [0.1, 0.15) is 48.5 Å². The van der Waals surface area contributed by atoms with E-state index in [1.807, 2.05) is 13.8 Å². The maximum Gasteiger partial charge on any atom is 0.244 e. The summed E-state index contributed by atoms with van der Waals surface area (Å²) in [5.41, 5.74) is 1.78. The van der Waals surface area contributed by atoms with Gasteiger partial charge in [0.1, 0.15) is 10.7 Å². The van der Waals surface area contributed by atoms with Gasteiger partial charge in [-0.1, -0.05) is 13.8 Å². The molecule has 0 atom stereocenters. The number of nitrogens with zero attached hydrogens (tertiary/aromatic N) is 3. The fourth-order valence-corrected chi connectivity index (χ4v) is 3.65. The largest absolute Gasteiger partial charge is 0.444 e. The second kappa shape index (κ2) is 5.85. The van der Waals surface area contributed by atoms with E-state index in [-0.39, 0.29) is 17.4 Å². The lowest BCUT2D eigenvalue weighted by Gasteiger charge is -2.06. The molecule has 2 heterocycles. The van der Waals surface area contributed by atoms with Crippen LogP contribution in [0.2, 0.25) is 0 Å². The fourth-order valence-electron chi connectivity index (χ4n) is 2.24. The molecule has 0 amide bonds. The van der Waals surface area contributed by atoms with Gasteiger partial charge < -0.3 is 4.42 Å². The van der Waals surface area contributed by atoms with E-state index in [0.29, 0.717) is 28.7 Å². The highest BCUT2D eigenvalue weighted by Crippen LogP contribution is 2.21. The normalized spacial score (nSPS) is 12.3. The second-order valence-corrected chi connectivity index (χ2v) is 7.37. The standard InChI is InChI=1S/C14H22N4O3S/c1-8(2)14-16-9(3)12(21-14)7-15-22(19,20)13-10(4)17-18(6)11(13)5/h8,15H,7H2,1-6H3. The van der Waals surface area contributed by atoms with Crippen LogP contribution in [-0.4, -0.2) is 23.2 Å². The Hall–Kier alpha value is -1.67. The minimum Gasteiger partial charge on any atom is -0.444 e. The summed E-state index contributed by atoms with van der Waals surface area (Å²) in [6, 6.07) is 0. The third-order valence-electron chi connectivity index (χ3n) is 3.54. The van der Waals surface area contributed by atoms with Crippen LogP contribution < -0.4 is 4.72 Å². The first-order valence-electron chi connectivity index (χ1n) is 7.09. The summed E-state index contributed by atoms with van der Waals surface area (Å²) in [6.45, 7) is 9.23. The Morgan fingerprint density at radius 3 is 2.32 bits per heavy atom. The molecule has 2 rings (SSSR count). The highest BCUT2D eigenvalue weighted by Gasteiger charge is 2.24. The molecule has 122 valence electrons. The van der Waals surface area contributed by atoms with Crippen LogP contribution >= 0.6 is 0 Å². The number of oxazole rings is 1. The Morgan fingerprint density at radius 1 is 1.23 bits per heavy atom. The Labute approximate surface area is 130 Å². The van der Waals surface area contributed by atoms with Crippen LogP contribution in [0.5, 0.6) is 0 Å². The van der Waals surface area contributed by atoms with Gasteiger partial charge in [0.15, 0.2) is 5.89 Å². The van der Waals surface area contributed by atoms with E-state index in [1.54, 1.807) is 32.5 Å². The van der Waals surface area contributed by atoms with Gasteiger partial charge in [-0.3, -0.25) is 4.68 Å². The molecule has 0 unspecified atom stereocenters. The highest BCUT2D eigenvalue weighted by molar-refractivity contribution is 7.89. The van der Waals surface area contributed by atoms with Gasteiger partial charge in [0.25, 0.3) is 0 Å².